The summed E-state index contributed by atoms with van der Waals surface area (Å²) < 4.78 is 0.595. The summed E-state index contributed by atoms with van der Waals surface area (Å²) in [6.45, 7) is 0. The second-order valence-corrected chi connectivity index (χ2v) is 3.30. The molecule has 0 amide bonds. The number of aromatic hydroxyl groups is 2. The van der Waals surface area contributed by atoms with Gasteiger partial charge in [-0.05, 0) is 12.1 Å². The molecule has 8 nitrogen and oxygen atoms in total. The maximum absolute atomic E-state index is 11.7. The number of carbonyl (C=O) groups excluding carboxylic acids is 1. The normalized spacial score (nSPS) is 10.1. The van der Waals surface area contributed by atoms with Crippen LogP contribution in [0.2, 0.25) is 0 Å². The van der Waals surface area contributed by atoms with Crippen LogP contribution in [0.4, 0.5) is 5.82 Å². The zero-order valence-electron chi connectivity index (χ0n) is 9.07. The molecule has 0 saturated carbocycles. The van der Waals surface area contributed by atoms with Gasteiger partial charge in [0.1, 0.15) is 5.82 Å². The van der Waals surface area contributed by atoms with Gasteiger partial charge >= 0.3 is 5.97 Å². The first kappa shape index (κ1) is 11.7. The van der Waals surface area contributed by atoms with Crippen LogP contribution in [0.1, 0.15) is 10.4 Å². The van der Waals surface area contributed by atoms with E-state index in [-0.39, 0.29) is 5.56 Å². The van der Waals surface area contributed by atoms with E-state index in [1.807, 2.05) is 0 Å². The highest BCUT2D eigenvalue weighted by molar-refractivity contribution is 5.89. The first-order valence-corrected chi connectivity index (χ1v) is 4.87. The Hall–Kier alpha value is -2.74. The number of anilines is 1. The van der Waals surface area contributed by atoms with Gasteiger partial charge in [-0.15, -0.1) is 4.73 Å². The number of nitrogens with zero attached hydrogens (tertiary/aromatic N) is 2. The minimum Gasteiger partial charge on any atom is -0.492 e. The van der Waals surface area contributed by atoms with Gasteiger partial charge in [0.25, 0.3) is 0 Å². The summed E-state index contributed by atoms with van der Waals surface area (Å²) >= 11 is 0. The zero-order chi connectivity index (χ0) is 13.1. The van der Waals surface area contributed by atoms with Crippen molar-refractivity contribution in [2.24, 2.45) is 5.84 Å². The molecule has 2 aromatic heterocycles. The third-order valence-electron chi connectivity index (χ3n) is 2.12. The van der Waals surface area contributed by atoms with E-state index in [0.717, 1.165) is 0 Å². The highest BCUT2D eigenvalue weighted by atomic mass is 16.7. The lowest BCUT2D eigenvalue weighted by Gasteiger charge is -2.06. The molecule has 0 unspecified atom stereocenters. The van der Waals surface area contributed by atoms with E-state index in [0.29, 0.717) is 10.5 Å². The van der Waals surface area contributed by atoms with Crippen LogP contribution in [0.5, 0.6) is 11.8 Å². The Morgan fingerprint density at radius 3 is 2.44 bits per heavy atom. The second kappa shape index (κ2) is 4.63. The molecule has 2 aromatic rings. The average Bonchev–Trinajstić information content (AvgIpc) is 2.70. The van der Waals surface area contributed by atoms with Crippen LogP contribution in [0.25, 0.3) is 0 Å². The standard InChI is InChI=1S/C10H10N4O4/c11-13-7-2-1-6(5-12-7)10(17)18-14-8(15)3-4-9(14)16/h1-5,15-16H,11H2,(H,12,13). The van der Waals surface area contributed by atoms with Crippen molar-refractivity contribution in [2.75, 3.05) is 5.43 Å². The fourth-order valence-electron chi connectivity index (χ4n) is 1.23. The van der Waals surface area contributed by atoms with Crippen LogP contribution in [0, 0.1) is 0 Å². The molecule has 0 aromatic carbocycles. The van der Waals surface area contributed by atoms with Crippen molar-refractivity contribution in [3.8, 4) is 11.8 Å². The lowest BCUT2D eigenvalue weighted by Crippen LogP contribution is -2.19. The number of nitrogen functional groups attached to an aromatic ring is 1. The summed E-state index contributed by atoms with van der Waals surface area (Å²) in [5.74, 6) is 3.94. The molecule has 0 bridgehead atoms. The predicted molar refractivity (Wildman–Crippen MR) is 60.7 cm³/mol. The largest absolute Gasteiger partial charge is 0.492 e. The van der Waals surface area contributed by atoms with Gasteiger partial charge in [-0.1, -0.05) is 0 Å². The van der Waals surface area contributed by atoms with E-state index >= 15 is 0 Å². The lowest BCUT2D eigenvalue weighted by molar-refractivity contribution is 0.0381. The van der Waals surface area contributed by atoms with Gasteiger partial charge < -0.3 is 20.5 Å². The quantitative estimate of drug-likeness (QED) is 0.441. The first-order valence-electron chi connectivity index (χ1n) is 4.87. The van der Waals surface area contributed by atoms with E-state index in [1.165, 1.54) is 30.5 Å². The van der Waals surface area contributed by atoms with Crippen molar-refractivity contribution in [3.05, 3.63) is 36.0 Å². The number of pyridine rings is 1. The third-order valence-corrected chi connectivity index (χ3v) is 2.12. The van der Waals surface area contributed by atoms with Crippen molar-refractivity contribution < 1.29 is 19.8 Å². The van der Waals surface area contributed by atoms with E-state index < -0.39 is 17.7 Å². The van der Waals surface area contributed by atoms with Gasteiger partial charge in [0.15, 0.2) is 0 Å². The molecular formula is C10H10N4O4. The summed E-state index contributed by atoms with van der Waals surface area (Å²) in [4.78, 5) is 20.2. The number of nitrogens with one attached hydrogen (secondary N) is 1. The smallest absolute Gasteiger partial charge is 0.365 e. The Kier molecular flexibility index (Phi) is 3.02. The number of hydrogen-bond acceptors (Lipinski definition) is 7. The molecule has 2 heterocycles. The van der Waals surface area contributed by atoms with Crippen molar-refractivity contribution in [2.45, 2.75) is 0 Å². The Balaban J connectivity index is 2.17. The minimum atomic E-state index is -0.784. The molecule has 0 atom stereocenters. The van der Waals surface area contributed by atoms with Gasteiger partial charge in [0, 0.05) is 18.3 Å². The summed E-state index contributed by atoms with van der Waals surface area (Å²) in [7, 11) is 0. The monoisotopic (exact) mass is 250 g/mol. The fraction of sp³-hybridized carbons (Fsp3) is 0. The maximum atomic E-state index is 11.7. The minimum absolute atomic E-state index is 0.140. The van der Waals surface area contributed by atoms with Crippen molar-refractivity contribution >= 4 is 11.8 Å². The van der Waals surface area contributed by atoms with E-state index in [2.05, 4.69) is 10.4 Å². The summed E-state index contributed by atoms with van der Waals surface area (Å²) in [5.41, 5.74) is 2.45. The van der Waals surface area contributed by atoms with Crippen LogP contribution in [-0.2, 0) is 0 Å². The van der Waals surface area contributed by atoms with Gasteiger partial charge in [-0.25, -0.2) is 15.6 Å². The Labute approximate surface area is 101 Å². The van der Waals surface area contributed by atoms with Crippen LogP contribution in [-0.4, -0.2) is 25.9 Å². The summed E-state index contributed by atoms with van der Waals surface area (Å²) in [6.07, 6.45) is 1.25. The molecule has 8 heteroatoms. The highest BCUT2D eigenvalue weighted by Gasteiger charge is 2.14. The third kappa shape index (κ3) is 2.18. The molecule has 0 fully saturated rings. The molecule has 0 saturated heterocycles. The van der Waals surface area contributed by atoms with Gasteiger partial charge in [-0.3, -0.25) is 0 Å². The first-order chi connectivity index (χ1) is 8.61. The Morgan fingerprint density at radius 1 is 1.28 bits per heavy atom. The van der Waals surface area contributed by atoms with E-state index in [4.69, 9.17) is 10.7 Å². The molecule has 0 spiro atoms. The summed E-state index contributed by atoms with van der Waals surface area (Å²) in [6, 6.07) is 5.28. The van der Waals surface area contributed by atoms with Crippen molar-refractivity contribution in [1.82, 2.24) is 9.71 Å². The lowest BCUT2D eigenvalue weighted by atomic mass is 10.3. The molecule has 0 radical (unpaired) electrons. The number of aromatic nitrogens is 2. The second-order valence-electron chi connectivity index (χ2n) is 3.30. The van der Waals surface area contributed by atoms with Gasteiger partial charge in [0.2, 0.25) is 11.8 Å². The van der Waals surface area contributed by atoms with E-state index in [9.17, 15) is 15.0 Å². The molecule has 5 N–H and O–H groups in total. The predicted octanol–water partition coefficient (Wildman–Crippen LogP) is -0.151. The van der Waals surface area contributed by atoms with Gasteiger partial charge in [0.05, 0.1) is 5.56 Å². The number of hydrazine groups is 1. The SMILES string of the molecule is NNc1ccc(C(=O)On2c(O)ccc2O)cn1. The van der Waals surface area contributed by atoms with Crippen molar-refractivity contribution in [3.63, 3.8) is 0 Å². The van der Waals surface area contributed by atoms with Crippen LogP contribution in [0.15, 0.2) is 30.5 Å². The summed E-state index contributed by atoms with van der Waals surface area (Å²) in [5, 5.41) is 18.6. The highest BCUT2D eigenvalue weighted by Crippen LogP contribution is 2.19. The van der Waals surface area contributed by atoms with E-state index in [1.54, 1.807) is 0 Å². The Bertz CT molecular complexity index is 544. The molecule has 18 heavy (non-hydrogen) atoms. The number of carbonyl (C=O) groups is 1. The van der Waals surface area contributed by atoms with Crippen LogP contribution < -0.4 is 16.1 Å². The number of rotatable bonds is 3. The molecule has 94 valence electrons. The van der Waals surface area contributed by atoms with Crippen molar-refractivity contribution in [1.29, 1.82) is 0 Å². The molecule has 2 rings (SSSR count). The number of hydrogen-bond donors (Lipinski definition) is 4. The molecule has 0 aliphatic carbocycles. The topological polar surface area (TPSA) is 123 Å². The molecule has 0 aliphatic rings. The molecular weight excluding hydrogens is 240 g/mol. The zero-order valence-corrected chi connectivity index (χ0v) is 9.07. The van der Waals surface area contributed by atoms with Gasteiger partial charge in [-0.2, -0.15) is 0 Å². The fourth-order valence-corrected chi connectivity index (χ4v) is 1.23. The maximum Gasteiger partial charge on any atom is 0.365 e. The van der Waals surface area contributed by atoms with Crippen LogP contribution in [0.3, 0.4) is 0 Å². The number of nitrogens with two attached hydrogens (primary N) is 1. The Morgan fingerprint density at radius 2 is 1.94 bits per heavy atom. The average molecular weight is 250 g/mol. The molecule has 0 aliphatic heterocycles. The van der Waals surface area contributed by atoms with Crippen LogP contribution >= 0.6 is 0 Å².